The Morgan fingerprint density at radius 3 is 2.95 bits per heavy atom. The molecule has 0 N–H and O–H groups in total. The van der Waals surface area contributed by atoms with Gasteiger partial charge in [-0.25, -0.2) is 0 Å². The maximum Gasteiger partial charge on any atom is 0.190 e. The zero-order valence-corrected chi connectivity index (χ0v) is 13.1. The Hall–Kier alpha value is -0.980. The molecule has 3 rings (SSSR count). The number of rotatable bonds is 6. The number of benzene rings is 1. The Kier molecular flexibility index (Phi) is 5.10. The topological polar surface area (TPSA) is 54.0 Å². The van der Waals surface area contributed by atoms with Crippen molar-refractivity contribution >= 4 is 17.4 Å². The number of ether oxygens (including phenoxy) is 4. The second kappa shape index (κ2) is 7.06. The number of Topliss-reactive ketones (excluding diaryl/α,β-unsaturated/α-hetero) is 1. The molecule has 0 aliphatic carbocycles. The summed E-state index contributed by atoms with van der Waals surface area (Å²) in [5, 5.41) is 0.637. The molecule has 0 aromatic heterocycles. The van der Waals surface area contributed by atoms with Gasteiger partial charge in [0.15, 0.2) is 18.9 Å². The van der Waals surface area contributed by atoms with Crippen molar-refractivity contribution in [2.75, 3.05) is 6.79 Å². The molecule has 1 aromatic carbocycles. The van der Waals surface area contributed by atoms with E-state index in [-0.39, 0.29) is 18.7 Å². The lowest BCUT2D eigenvalue weighted by molar-refractivity contribution is -0.158. The smallest absolute Gasteiger partial charge is 0.190 e. The predicted molar refractivity (Wildman–Crippen MR) is 79.4 cm³/mol. The van der Waals surface area contributed by atoms with Gasteiger partial charge in [-0.15, -0.1) is 0 Å². The van der Waals surface area contributed by atoms with Gasteiger partial charge in [-0.1, -0.05) is 36.7 Å². The van der Waals surface area contributed by atoms with E-state index in [1.54, 1.807) is 0 Å². The molecule has 2 fully saturated rings. The van der Waals surface area contributed by atoms with Gasteiger partial charge in [0.25, 0.3) is 0 Å². The minimum Gasteiger partial charge on any atom is -0.367 e. The van der Waals surface area contributed by atoms with Crippen LogP contribution in [-0.4, -0.2) is 37.2 Å². The second-order valence-corrected chi connectivity index (χ2v) is 5.83. The number of hydrogen-bond acceptors (Lipinski definition) is 5. The highest BCUT2D eigenvalue weighted by atomic mass is 35.5. The number of carbonyl (C=O) groups is 1. The molecule has 5 nitrogen and oxygen atoms in total. The average Bonchev–Trinajstić information content (AvgIpc) is 3.08. The van der Waals surface area contributed by atoms with E-state index in [1.165, 1.54) is 0 Å². The van der Waals surface area contributed by atoms with Crippen LogP contribution in [0.25, 0.3) is 0 Å². The zero-order chi connectivity index (χ0) is 15.5. The van der Waals surface area contributed by atoms with Crippen LogP contribution in [0, 0.1) is 0 Å². The predicted octanol–water partition coefficient (Wildman–Crippen LogP) is 2.69. The maximum absolute atomic E-state index is 12.2. The third-order valence-electron chi connectivity index (χ3n) is 3.87. The molecular formula is C16H19ClO5. The van der Waals surface area contributed by atoms with Gasteiger partial charge in [0.1, 0.15) is 18.3 Å². The summed E-state index contributed by atoms with van der Waals surface area (Å²) in [6.07, 6.45) is -0.779. The Morgan fingerprint density at radius 2 is 2.18 bits per heavy atom. The second-order valence-electron chi connectivity index (χ2n) is 5.42. The molecule has 2 saturated heterocycles. The lowest BCUT2D eigenvalue weighted by Crippen LogP contribution is -2.38. The standard InChI is InChI=1S/C16H19ClO5/c1-2-5-12(18)13-14(15-16(22-13)21-9-20-15)19-8-10-6-3-4-7-11(10)17/h3-4,6-7,13-16H,2,5,8-9H2,1H3/t13-,14+,15-,16+/m1/s1. The van der Waals surface area contributed by atoms with Crippen molar-refractivity contribution in [2.24, 2.45) is 0 Å². The Balaban J connectivity index is 1.70. The van der Waals surface area contributed by atoms with E-state index in [1.807, 2.05) is 31.2 Å². The quantitative estimate of drug-likeness (QED) is 0.804. The van der Waals surface area contributed by atoms with Crippen molar-refractivity contribution in [3.8, 4) is 0 Å². The van der Waals surface area contributed by atoms with Gasteiger partial charge < -0.3 is 18.9 Å². The maximum atomic E-state index is 12.2. The third-order valence-corrected chi connectivity index (χ3v) is 4.24. The summed E-state index contributed by atoms with van der Waals surface area (Å²) in [7, 11) is 0. The van der Waals surface area contributed by atoms with Crippen molar-refractivity contribution in [2.45, 2.75) is 51.0 Å². The lowest BCUT2D eigenvalue weighted by Gasteiger charge is -2.21. The molecule has 0 spiro atoms. The van der Waals surface area contributed by atoms with E-state index >= 15 is 0 Å². The molecule has 0 unspecified atom stereocenters. The van der Waals surface area contributed by atoms with Gasteiger partial charge in [-0.2, -0.15) is 0 Å². The normalized spacial score (nSPS) is 30.5. The molecule has 1 aromatic rings. The van der Waals surface area contributed by atoms with E-state index in [9.17, 15) is 4.79 Å². The van der Waals surface area contributed by atoms with Crippen LogP contribution in [0.2, 0.25) is 5.02 Å². The van der Waals surface area contributed by atoms with Gasteiger partial charge >= 0.3 is 0 Å². The molecule has 2 heterocycles. The van der Waals surface area contributed by atoms with Crippen molar-refractivity contribution in [1.82, 2.24) is 0 Å². The van der Waals surface area contributed by atoms with Crippen LogP contribution >= 0.6 is 11.6 Å². The lowest BCUT2D eigenvalue weighted by atomic mass is 10.0. The molecular weight excluding hydrogens is 308 g/mol. The van der Waals surface area contributed by atoms with E-state index in [2.05, 4.69) is 0 Å². The highest BCUT2D eigenvalue weighted by Crippen LogP contribution is 2.33. The fourth-order valence-corrected chi connectivity index (χ4v) is 2.94. The number of halogens is 1. The van der Waals surface area contributed by atoms with E-state index in [4.69, 9.17) is 30.5 Å². The van der Waals surface area contributed by atoms with E-state index in [0.29, 0.717) is 18.1 Å². The summed E-state index contributed by atoms with van der Waals surface area (Å²) in [6.45, 7) is 2.42. The summed E-state index contributed by atoms with van der Waals surface area (Å²) in [6, 6.07) is 7.46. The van der Waals surface area contributed by atoms with Gasteiger partial charge in [-0.05, 0) is 18.1 Å². The van der Waals surface area contributed by atoms with Crippen molar-refractivity contribution in [1.29, 1.82) is 0 Å². The van der Waals surface area contributed by atoms with E-state index < -0.39 is 18.5 Å². The third kappa shape index (κ3) is 3.19. The number of carbonyl (C=O) groups excluding carboxylic acids is 1. The summed E-state index contributed by atoms with van der Waals surface area (Å²) in [5.41, 5.74) is 0.869. The summed E-state index contributed by atoms with van der Waals surface area (Å²) in [4.78, 5) is 12.2. The largest absolute Gasteiger partial charge is 0.367 e. The first kappa shape index (κ1) is 15.9. The monoisotopic (exact) mass is 326 g/mol. The Labute approximate surface area is 134 Å². The van der Waals surface area contributed by atoms with Crippen LogP contribution in [0.1, 0.15) is 25.3 Å². The van der Waals surface area contributed by atoms with Crippen LogP contribution in [-0.2, 0) is 30.3 Å². The minimum atomic E-state index is -0.641. The fourth-order valence-electron chi connectivity index (χ4n) is 2.75. The Morgan fingerprint density at radius 1 is 1.36 bits per heavy atom. The fraction of sp³-hybridized carbons (Fsp3) is 0.562. The molecule has 4 atom stereocenters. The molecule has 0 amide bonds. The highest BCUT2D eigenvalue weighted by Gasteiger charge is 2.52. The van der Waals surface area contributed by atoms with E-state index in [0.717, 1.165) is 12.0 Å². The molecule has 22 heavy (non-hydrogen) atoms. The summed E-state index contributed by atoms with van der Waals surface area (Å²) in [5.74, 6) is 0.0215. The molecule has 0 bridgehead atoms. The zero-order valence-electron chi connectivity index (χ0n) is 12.4. The number of hydrogen-bond donors (Lipinski definition) is 0. The minimum absolute atomic E-state index is 0.0215. The first-order valence-corrected chi connectivity index (χ1v) is 7.85. The van der Waals surface area contributed by atoms with Crippen LogP contribution in [0.4, 0.5) is 0 Å². The first-order chi connectivity index (χ1) is 10.7. The highest BCUT2D eigenvalue weighted by molar-refractivity contribution is 6.31. The molecule has 2 aliphatic rings. The first-order valence-electron chi connectivity index (χ1n) is 7.47. The molecule has 0 radical (unpaired) electrons. The van der Waals surface area contributed by atoms with Gasteiger partial charge in [0, 0.05) is 11.4 Å². The van der Waals surface area contributed by atoms with Gasteiger partial charge in [0.05, 0.1) is 6.61 Å². The van der Waals surface area contributed by atoms with Crippen molar-refractivity contribution in [3.05, 3.63) is 34.9 Å². The summed E-state index contributed by atoms with van der Waals surface area (Å²) < 4.78 is 22.5. The van der Waals surface area contributed by atoms with Crippen LogP contribution in [0.15, 0.2) is 24.3 Å². The van der Waals surface area contributed by atoms with Gasteiger partial charge in [0.2, 0.25) is 0 Å². The van der Waals surface area contributed by atoms with Crippen molar-refractivity contribution in [3.63, 3.8) is 0 Å². The number of fused-ring (bicyclic) bond motifs is 1. The van der Waals surface area contributed by atoms with Crippen LogP contribution in [0.5, 0.6) is 0 Å². The SMILES string of the molecule is CCCC(=O)[C@H]1O[C@@H]2OCO[C@@H]2[C@H]1OCc1ccccc1Cl. The van der Waals surface area contributed by atoms with Gasteiger partial charge in [-0.3, -0.25) is 4.79 Å². The Bertz CT molecular complexity index is 535. The van der Waals surface area contributed by atoms with Crippen LogP contribution in [0.3, 0.4) is 0 Å². The molecule has 0 saturated carbocycles. The van der Waals surface area contributed by atoms with Crippen molar-refractivity contribution < 1.29 is 23.7 Å². The molecule has 2 aliphatic heterocycles. The molecule has 120 valence electrons. The van der Waals surface area contributed by atoms with Crippen LogP contribution < -0.4 is 0 Å². The number of ketones is 1. The summed E-state index contributed by atoms with van der Waals surface area (Å²) >= 11 is 6.14. The molecule has 6 heteroatoms. The average molecular weight is 327 g/mol.